The van der Waals surface area contributed by atoms with Crippen LogP contribution in [0.1, 0.15) is 45.0 Å². The fraction of sp³-hybridized carbons (Fsp3) is 0.562. The van der Waals surface area contributed by atoms with Crippen molar-refractivity contribution in [1.82, 2.24) is 9.55 Å². The molecule has 0 aliphatic heterocycles. The number of hydrogen-bond acceptors (Lipinski definition) is 1. The van der Waals surface area contributed by atoms with E-state index in [4.69, 9.17) is 11.6 Å². The Morgan fingerprint density at radius 2 is 2.14 bits per heavy atom. The number of nitrogens with zero attached hydrogens (tertiary/aromatic N) is 2. The first-order chi connectivity index (χ1) is 9.91. The fourth-order valence-corrected chi connectivity index (χ4v) is 3.63. The number of alkyl halides is 1. The maximum atomic E-state index is 14.0. The van der Waals surface area contributed by atoms with Crippen LogP contribution in [0.25, 0.3) is 11.0 Å². The summed E-state index contributed by atoms with van der Waals surface area (Å²) in [5, 5.41) is 0. The maximum absolute atomic E-state index is 14.0. The Morgan fingerprint density at radius 1 is 1.38 bits per heavy atom. The van der Waals surface area contributed by atoms with Gasteiger partial charge in [0.05, 0.1) is 5.52 Å². The third-order valence-corrected chi connectivity index (χ3v) is 4.60. The normalized spacial score (nSPS) is 21.3. The molecule has 0 amide bonds. The molecule has 5 heteroatoms. The molecule has 2 aromatic rings. The number of benzene rings is 1. The molecule has 1 aliphatic carbocycles. The van der Waals surface area contributed by atoms with E-state index >= 15 is 0 Å². The third kappa shape index (κ3) is 2.66. The van der Waals surface area contributed by atoms with Crippen LogP contribution in [0, 0.1) is 17.0 Å². The number of imidazole rings is 1. The average molecular weight is 313 g/mol. The topological polar surface area (TPSA) is 17.8 Å². The van der Waals surface area contributed by atoms with E-state index in [0.717, 1.165) is 31.2 Å². The summed E-state index contributed by atoms with van der Waals surface area (Å²) < 4.78 is 29.6. The minimum Gasteiger partial charge on any atom is -0.325 e. The molecule has 0 spiro atoms. The molecule has 1 aromatic carbocycles. The van der Waals surface area contributed by atoms with Gasteiger partial charge in [0, 0.05) is 24.4 Å². The number of halogens is 3. The van der Waals surface area contributed by atoms with Gasteiger partial charge in [0.2, 0.25) is 0 Å². The second-order valence-corrected chi connectivity index (χ2v) is 7.03. The lowest BCUT2D eigenvalue weighted by Gasteiger charge is -2.20. The van der Waals surface area contributed by atoms with Crippen LogP contribution in [0.4, 0.5) is 8.78 Å². The summed E-state index contributed by atoms with van der Waals surface area (Å²) in [5.41, 5.74) is 1.06. The van der Waals surface area contributed by atoms with Crippen molar-refractivity contribution in [1.29, 1.82) is 0 Å². The summed E-state index contributed by atoms with van der Waals surface area (Å²) in [4.78, 5) is 4.37. The van der Waals surface area contributed by atoms with Gasteiger partial charge >= 0.3 is 0 Å². The molecular weight excluding hydrogens is 294 g/mol. The predicted octanol–water partition coefficient (Wildman–Crippen LogP) is 4.85. The van der Waals surface area contributed by atoms with E-state index in [-0.39, 0.29) is 17.0 Å². The van der Waals surface area contributed by atoms with Crippen molar-refractivity contribution in [2.75, 3.05) is 5.88 Å². The monoisotopic (exact) mass is 312 g/mol. The maximum Gasteiger partial charge on any atom is 0.153 e. The van der Waals surface area contributed by atoms with Crippen molar-refractivity contribution in [3.63, 3.8) is 0 Å². The minimum atomic E-state index is -0.600. The van der Waals surface area contributed by atoms with Crippen LogP contribution in [0.3, 0.4) is 0 Å². The van der Waals surface area contributed by atoms with Crippen molar-refractivity contribution >= 4 is 22.6 Å². The largest absolute Gasteiger partial charge is 0.325 e. The molecule has 3 rings (SSSR count). The van der Waals surface area contributed by atoms with Gasteiger partial charge in [-0.2, -0.15) is 0 Å². The van der Waals surface area contributed by atoms with Gasteiger partial charge in [-0.05, 0) is 30.7 Å². The van der Waals surface area contributed by atoms with Crippen LogP contribution >= 0.6 is 11.6 Å². The van der Waals surface area contributed by atoms with Gasteiger partial charge in [-0.3, -0.25) is 0 Å². The van der Waals surface area contributed by atoms with Gasteiger partial charge in [0.25, 0.3) is 0 Å². The highest BCUT2D eigenvalue weighted by Gasteiger charge is 2.34. The van der Waals surface area contributed by atoms with Crippen molar-refractivity contribution in [3.05, 3.63) is 29.6 Å². The first-order valence-electron chi connectivity index (χ1n) is 7.33. The fourth-order valence-electron chi connectivity index (χ4n) is 3.46. The lowest BCUT2D eigenvalue weighted by molar-refractivity contribution is 0.358. The lowest BCUT2D eigenvalue weighted by Crippen LogP contribution is -2.12. The highest BCUT2D eigenvalue weighted by Crippen LogP contribution is 2.45. The minimum absolute atomic E-state index is 0.240. The first kappa shape index (κ1) is 14.8. The van der Waals surface area contributed by atoms with Gasteiger partial charge in [0.1, 0.15) is 17.2 Å². The molecule has 1 heterocycles. The Balaban J connectivity index is 2.16. The summed E-state index contributed by atoms with van der Waals surface area (Å²) >= 11 is 5.85. The van der Waals surface area contributed by atoms with Gasteiger partial charge in [-0.25, -0.2) is 13.8 Å². The Labute approximate surface area is 128 Å². The molecule has 1 fully saturated rings. The van der Waals surface area contributed by atoms with E-state index in [0.29, 0.717) is 17.8 Å². The van der Waals surface area contributed by atoms with E-state index in [1.54, 1.807) is 0 Å². The van der Waals surface area contributed by atoms with E-state index in [2.05, 4.69) is 18.8 Å². The highest BCUT2D eigenvalue weighted by molar-refractivity contribution is 6.17. The molecule has 114 valence electrons. The second-order valence-electron chi connectivity index (χ2n) is 6.65. The first-order valence-corrected chi connectivity index (χ1v) is 7.86. The van der Waals surface area contributed by atoms with Crippen LogP contribution in [-0.2, 0) is 6.42 Å². The lowest BCUT2D eigenvalue weighted by atomic mass is 9.92. The molecule has 0 saturated heterocycles. The molecule has 21 heavy (non-hydrogen) atoms. The molecule has 1 saturated carbocycles. The Bertz CT molecular complexity index is 678. The molecule has 1 atom stereocenters. The van der Waals surface area contributed by atoms with Crippen LogP contribution < -0.4 is 0 Å². The predicted molar refractivity (Wildman–Crippen MR) is 80.7 cm³/mol. The van der Waals surface area contributed by atoms with Gasteiger partial charge < -0.3 is 4.57 Å². The smallest absolute Gasteiger partial charge is 0.153 e. The van der Waals surface area contributed by atoms with Crippen molar-refractivity contribution in [3.8, 4) is 0 Å². The molecule has 0 N–H and O–H groups in total. The Morgan fingerprint density at radius 3 is 2.76 bits per heavy atom. The van der Waals surface area contributed by atoms with Crippen molar-refractivity contribution in [2.45, 2.75) is 45.6 Å². The van der Waals surface area contributed by atoms with Gasteiger partial charge in [-0.15, -0.1) is 11.6 Å². The summed E-state index contributed by atoms with van der Waals surface area (Å²) in [6, 6.07) is 2.52. The van der Waals surface area contributed by atoms with Crippen molar-refractivity contribution in [2.24, 2.45) is 5.41 Å². The summed E-state index contributed by atoms with van der Waals surface area (Å²) in [5.74, 6) is 0.0173. The summed E-state index contributed by atoms with van der Waals surface area (Å²) in [7, 11) is 0. The SMILES string of the molecule is CC1(C)CCC(n2c(CCCl)nc3c(F)cc(F)cc32)C1. The number of rotatable bonds is 3. The number of hydrogen-bond donors (Lipinski definition) is 0. The molecule has 2 nitrogen and oxygen atoms in total. The molecule has 1 unspecified atom stereocenters. The average Bonchev–Trinajstić information content (AvgIpc) is 2.90. The van der Waals surface area contributed by atoms with Crippen LogP contribution in [-0.4, -0.2) is 15.4 Å². The van der Waals surface area contributed by atoms with Crippen LogP contribution in [0.5, 0.6) is 0 Å². The number of aryl methyl sites for hydroxylation is 1. The summed E-state index contributed by atoms with van der Waals surface area (Å²) in [6.07, 6.45) is 3.67. The van der Waals surface area contributed by atoms with Crippen LogP contribution in [0.15, 0.2) is 12.1 Å². The van der Waals surface area contributed by atoms with Gasteiger partial charge in [0.15, 0.2) is 5.82 Å². The molecule has 1 aromatic heterocycles. The highest BCUT2D eigenvalue weighted by atomic mass is 35.5. The molecule has 1 aliphatic rings. The molecular formula is C16H19ClF2N2. The van der Waals surface area contributed by atoms with E-state index in [1.807, 2.05) is 4.57 Å². The van der Waals surface area contributed by atoms with E-state index in [1.165, 1.54) is 6.07 Å². The Kier molecular flexibility index (Phi) is 3.68. The quantitative estimate of drug-likeness (QED) is 0.741. The summed E-state index contributed by atoms with van der Waals surface area (Å²) in [6.45, 7) is 4.46. The van der Waals surface area contributed by atoms with E-state index < -0.39 is 11.6 Å². The zero-order valence-electron chi connectivity index (χ0n) is 12.3. The zero-order valence-corrected chi connectivity index (χ0v) is 13.1. The number of fused-ring (bicyclic) bond motifs is 1. The zero-order chi connectivity index (χ0) is 15.2. The molecule has 0 bridgehead atoms. The second kappa shape index (κ2) is 5.24. The molecule has 0 radical (unpaired) electrons. The Hall–Kier alpha value is -1.16. The van der Waals surface area contributed by atoms with Crippen LogP contribution in [0.2, 0.25) is 0 Å². The van der Waals surface area contributed by atoms with E-state index in [9.17, 15) is 8.78 Å². The standard InChI is InChI=1S/C16H19ClF2N2/c1-16(2)5-3-11(9-16)21-13-8-10(18)7-12(19)15(13)20-14(21)4-6-17/h7-8,11H,3-6,9H2,1-2H3. The van der Waals surface area contributed by atoms with Gasteiger partial charge in [-0.1, -0.05) is 13.8 Å². The van der Waals surface area contributed by atoms with Crippen molar-refractivity contribution < 1.29 is 8.78 Å². The number of aromatic nitrogens is 2. The third-order valence-electron chi connectivity index (χ3n) is 4.41.